The maximum atomic E-state index is 13.2. The molecule has 5 rings (SSSR count). The summed E-state index contributed by atoms with van der Waals surface area (Å²) in [5, 5.41) is 38.0. The van der Waals surface area contributed by atoms with E-state index in [1.807, 2.05) is 12.2 Å². The summed E-state index contributed by atoms with van der Waals surface area (Å²) in [5.41, 5.74) is -3.43. The van der Waals surface area contributed by atoms with Gasteiger partial charge in [0.15, 0.2) is 0 Å². The van der Waals surface area contributed by atoms with E-state index in [2.05, 4.69) is 10.6 Å². The number of carbonyl (C=O) groups is 9. The van der Waals surface area contributed by atoms with Gasteiger partial charge in [-0.3, -0.25) is 28.9 Å². The lowest BCUT2D eigenvalue weighted by molar-refractivity contribution is -0.175. The number of nitrogens with zero attached hydrogens (tertiary/aromatic N) is 2. The van der Waals surface area contributed by atoms with Gasteiger partial charge >= 0.3 is 48.2 Å². The number of nitrogens with one attached hydrogen (secondary N) is 4. The molecule has 0 unspecified atom stereocenters. The number of aliphatic hydroxyl groups excluding tert-OH is 2. The Bertz CT molecular complexity index is 2190. The van der Waals surface area contributed by atoms with Crippen molar-refractivity contribution in [3.8, 4) is 0 Å². The van der Waals surface area contributed by atoms with E-state index in [0.29, 0.717) is 51.4 Å². The van der Waals surface area contributed by atoms with E-state index < -0.39 is 125 Å². The van der Waals surface area contributed by atoms with Crippen molar-refractivity contribution in [2.45, 2.75) is 212 Å². The van der Waals surface area contributed by atoms with Gasteiger partial charge in [-0.25, -0.2) is 19.2 Å². The van der Waals surface area contributed by atoms with Crippen LogP contribution in [-0.2, 0) is 52.6 Å². The van der Waals surface area contributed by atoms with Gasteiger partial charge in [-0.15, -0.1) is 0 Å². The number of carboxylic acid groups (broad SMARTS) is 1. The number of β-amino-alcohol motifs (C(OH)–C–C–N with tert-alkyl or cyclic N) is 1. The molecule has 6 amide bonds. The molecule has 27 heteroatoms. The quantitative estimate of drug-likeness (QED) is 0.0340. The van der Waals surface area contributed by atoms with Crippen LogP contribution in [0.2, 0.25) is 0 Å². The van der Waals surface area contributed by atoms with Gasteiger partial charge in [0, 0.05) is 31.2 Å². The molecule has 0 bridgehead atoms. The van der Waals surface area contributed by atoms with Crippen molar-refractivity contribution >= 4 is 53.5 Å². The lowest BCUT2D eigenvalue weighted by Gasteiger charge is -2.30. The van der Waals surface area contributed by atoms with E-state index >= 15 is 0 Å². The molecule has 7 N–H and O–H groups in total. The van der Waals surface area contributed by atoms with Crippen molar-refractivity contribution in [1.82, 2.24) is 31.1 Å². The molecule has 2 saturated carbocycles. The van der Waals surface area contributed by atoms with Gasteiger partial charge < -0.3 is 55.7 Å². The number of amides is 6. The third kappa shape index (κ3) is 20.0. The van der Waals surface area contributed by atoms with E-state index in [1.165, 1.54) is 5.32 Å². The molecule has 2 aliphatic carbocycles. The Morgan fingerprint density at radius 3 is 2.05 bits per heavy atom. The zero-order chi connectivity index (χ0) is 57.0. The highest BCUT2D eigenvalue weighted by Gasteiger charge is 2.63. The molecule has 452 valence electrons. The summed E-state index contributed by atoms with van der Waals surface area (Å²) in [6.07, 6.45) is -1.51. The van der Waals surface area contributed by atoms with Crippen LogP contribution in [0.3, 0.4) is 0 Å². The Morgan fingerprint density at radius 2 is 1.46 bits per heavy atom. The molecule has 3 heterocycles. The number of aliphatic hydroxyl groups is 2. The number of halogens is 6. The number of alkyl halides is 6. The van der Waals surface area contributed by atoms with Crippen LogP contribution in [0.15, 0.2) is 24.3 Å². The minimum atomic E-state index is -5.17. The van der Waals surface area contributed by atoms with Crippen LogP contribution in [-0.4, -0.2) is 170 Å². The lowest BCUT2D eigenvalue weighted by Crippen LogP contribution is -2.57. The highest BCUT2D eigenvalue weighted by Crippen LogP contribution is 2.47. The smallest absolute Gasteiger partial charge is 0.471 e. The molecular formula is C52H82F6N6O15. The molecule has 10 atom stereocenters. The summed E-state index contributed by atoms with van der Waals surface area (Å²) in [5.74, 6) is -10.2. The van der Waals surface area contributed by atoms with Crippen molar-refractivity contribution in [3.63, 3.8) is 0 Å². The second-order valence-corrected chi connectivity index (χ2v) is 20.4. The third-order valence-electron chi connectivity index (χ3n) is 13.3. The van der Waals surface area contributed by atoms with Crippen LogP contribution in [0.1, 0.15) is 147 Å². The van der Waals surface area contributed by atoms with Crippen molar-refractivity contribution in [2.24, 2.45) is 11.8 Å². The Balaban J connectivity index is 0.000000775. The number of allylic oxidation sites excluding steroid dienone is 2. The lowest BCUT2D eigenvalue weighted by atomic mass is 10.0. The average Bonchev–Trinajstić information content (AvgIpc) is 4.09. The SMILES string of the molecule is C.C.C.CCOC(=O)[C@@]1(NC(=O)[C@@H]2C[C@@H](O)CN2C(=O)OC(C)(C)C)C[C@H]1/C=C\CCCCC[C@H](NC(=O)C(F)(F)F)C(=O)O.CCOC(=O)[C@@]12C[C@H]1/C=C\CCCCC[C@H](NC(=O)C(F)(F)F)C(=O)N1C[C@H](O)C[C@H]1C(=O)N2. The van der Waals surface area contributed by atoms with Gasteiger partial charge in [-0.2, -0.15) is 26.3 Å². The molecule has 0 spiro atoms. The van der Waals surface area contributed by atoms with Gasteiger partial charge in [0.25, 0.3) is 0 Å². The largest absolute Gasteiger partial charge is 0.480 e. The summed E-state index contributed by atoms with van der Waals surface area (Å²) in [6.45, 7) is 8.12. The molecule has 21 nitrogen and oxygen atoms in total. The first-order valence-electron chi connectivity index (χ1n) is 25.4. The number of likely N-dealkylation sites (tertiary alicyclic amines) is 1. The predicted molar refractivity (Wildman–Crippen MR) is 273 cm³/mol. The highest BCUT2D eigenvalue weighted by atomic mass is 19.4. The fourth-order valence-electron chi connectivity index (χ4n) is 9.21. The predicted octanol–water partition coefficient (Wildman–Crippen LogP) is 5.30. The van der Waals surface area contributed by atoms with Gasteiger partial charge in [0.05, 0.1) is 32.0 Å². The summed E-state index contributed by atoms with van der Waals surface area (Å²) in [7, 11) is 0. The van der Waals surface area contributed by atoms with Crippen LogP contribution in [0, 0.1) is 11.8 Å². The maximum absolute atomic E-state index is 13.2. The van der Waals surface area contributed by atoms with E-state index in [0.717, 1.165) is 9.80 Å². The molecule has 0 aromatic rings. The Morgan fingerprint density at radius 1 is 0.835 bits per heavy atom. The normalized spacial score (nSPS) is 27.5. The number of carboxylic acids is 1. The number of hydrogen-bond acceptors (Lipinski definition) is 14. The zero-order valence-electron chi connectivity index (χ0n) is 43.1. The maximum Gasteiger partial charge on any atom is 0.471 e. The summed E-state index contributed by atoms with van der Waals surface area (Å²) in [4.78, 5) is 113. The van der Waals surface area contributed by atoms with Crippen LogP contribution in [0.4, 0.5) is 31.1 Å². The number of esters is 2. The number of hydrogen-bond donors (Lipinski definition) is 7. The number of fused-ring (bicyclic) bond motifs is 2. The zero-order valence-corrected chi connectivity index (χ0v) is 43.1. The number of rotatable bonds is 16. The van der Waals surface area contributed by atoms with Gasteiger partial charge in [0.2, 0.25) is 17.7 Å². The Labute approximate surface area is 457 Å². The fourth-order valence-corrected chi connectivity index (χ4v) is 9.21. The van der Waals surface area contributed by atoms with Gasteiger partial charge in [0.1, 0.15) is 40.8 Å². The highest BCUT2D eigenvalue weighted by molar-refractivity contribution is 5.97. The molecule has 2 saturated heterocycles. The van der Waals surface area contributed by atoms with E-state index in [1.54, 1.807) is 52.1 Å². The van der Waals surface area contributed by atoms with Crippen LogP contribution in [0.25, 0.3) is 0 Å². The van der Waals surface area contributed by atoms with Crippen LogP contribution >= 0.6 is 0 Å². The van der Waals surface area contributed by atoms with Gasteiger partial charge in [-0.05, 0) is 86.0 Å². The average molecular weight is 1150 g/mol. The second-order valence-electron chi connectivity index (χ2n) is 20.4. The summed E-state index contributed by atoms with van der Waals surface area (Å²) >= 11 is 0. The summed E-state index contributed by atoms with van der Waals surface area (Å²) in [6, 6.07) is -5.39. The molecule has 0 radical (unpaired) electrons. The number of aliphatic carboxylic acids is 1. The first-order valence-corrected chi connectivity index (χ1v) is 25.4. The van der Waals surface area contributed by atoms with Crippen molar-refractivity contribution in [3.05, 3.63) is 24.3 Å². The minimum Gasteiger partial charge on any atom is -0.480 e. The first-order chi connectivity index (χ1) is 35.4. The van der Waals surface area contributed by atoms with Crippen molar-refractivity contribution in [1.29, 1.82) is 0 Å². The van der Waals surface area contributed by atoms with E-state index in [-0.39, 0.29) is 93.0 Å². The number of unbranched alkanes of at least 4 members (excludes halogenated alkanes) is 3. The third-order valence-corrected chi connectivity index (χ3v) is 13.3. The standard InChI is InChI=1S/C27H40F3N3O9.C22H30F3N3O6.3CH4/c1-5-41-23(39)26(32-20(35)19-13-17(34)15-33(19)24(40)42-25(2,3)4)14-16(26)11-9-7-6-8-10-12-18(21(36)37)31-22(38)27(28,29)30;1-2-34-20(33)21-11-13(21)8-6-4-3-5-7-9-15(26-19(32)22(23,24)25)18(31)28-12-14(29)10-16(28)17(30)27-21;;;/h9,11,16-19,34H,5-8,10,12-15H2,1-4H3,(H,31,38)(H,32,35)(H,36,37);6,8,13-16,29H,2-5,7,9-12H2,1H3,(H,26,32)(H,27,30);3*1H4/b11-9-;8-6-;;;/t16-,17-,18+,19+,26-;13-,14-,15+,16+,21-;;;/m11.../s1. The van der Waals surface area contributed by atoms with Gasteiger partial charge in [-0.1, -0.05) is 72.3 Å². The van der Waals surface area contributed by atoms with Crippen molar-refractivity contribution in [2.75, 3.05) is 26.3 Å². The Hall–Kier alpha value is -5.99. The van der Waals surface area contributed by atoms with Crippen LogP contribution in [0.5, 0.6) is 0 Å². The Kier molecular flexibility index (Phi) is 27.0. The first kappa shape index (κ1) is 71.0. The topological polar surface area (TPSA) is 297 Å². The fraction of sp³-hybridized carbons (Fsp3) is 0.750. The molecule has 79 heavy (non-hydrogen) atoms. The van der Waals surface area contributed by atoms with E-state index in [9.17, 15) is 79.7 Å². The molecule has 5 aliphatic rings. The number of carbonyl (C=O) groups excluding carboxylic acids is 8. The summed E-state index contributed by atoms with van der Waals surface area (Å²) < 4.78 is 91.4. The van der Waals surface area contributed by atoms with E-state index in [4.69, 9.17) is 19.3 Å². The minimum absolute atomic E-state index is 0. The molecule has 0 aromatic heterocycles. The molecule has 4 fully saturated rings. The van der Waals surface area contributed by atoms with Crippen molar-refractivity contribution < 1.29 is 99.0 Å². The number of ether oxygens (including phenoxy) is 3. The second kappa shape index (κ2) is 30.0. The molecular weight excluding hydrogens is 1060 g/mol. The molecule has 0 aromatic carbocycles. The molecule has 3 aliphatic heterocycles. The van der Waals surface area contributed by atoms with Crippen LogP contribution < -0.4 is 21.3 Å². The monoisotopic (exact) mass is 1140 g/mol.